The van der Waals surface area contributed by atoms with Crippen molar-refractivity contribution in [3.63, 3.8) is 0 Å². The topological polar surface area (TPSA) is 60.2 Å². The molecule has 0 aromatic heterocycles. The van der Waals surface area contributed by atoms with Gasteiger partial charge in [-0.1, -0.05) is 25.4 Å². The highest BCUT2D eigenvalue weighted by Crippen LogP contribution is 2.39. The molecule has 0 atom stereocenters. The summed E-state index contributed by atoms with van der Waals surface area (Å²) in [6, 6.07) is 1.94. The van der Waals surface area contributed by atoms with Gasteiger partial charge in [-0.05, 0) is 23.6 Å². The van der Waals surface area contributed by atoms with Crippen molar-refractivity contribution in [2.24, 2.45) is 5.14 Å². The molecular weight excluding hydrogens is 291 g/mol. The SMILES string of the molecule is CC(C)c1cc(Cl)c(S(N)(=O)=O)c(C(F)(F)F)c1. The summed E-state index contributed by atoms with van der Waals surface area (Å²) in [5.74, 6) is -0.224. The predicted octanol–water partition coefficient (Wildman–Crippen LogP) is 3.13. The molecule has 0 radical (unpaired) electrons. The van der Waals surface area contributed by atoms with Crippen molar-refractivity contribution in [1.29, 1.82) is 0 Å². The number of sulfonamides is 1. The van der Waals surface area contributed by atoms with E-state index >= 15 is 0 Å². The van der Waals surface area contributed by atoms with Crippen molar-refractivity contribution in [1.82, 2.24) is 0 Å². The van der Waals surface area contributed by atoms with Crippen LogP contribution in [0.1, 0.15) is 30.9 Å². The standard InChI is InChI=1S/C10H11ClF3NO2S/c1-5(2)6-3-7(10(12,13)14)9(8(11)4-6)18(15,16)17/h3-5H,1-2H3,(H2,15,16,17). The Morgan fingerprint density at radius 1 is 1.28 bits per heavy atom. The fourth-order valence-electron chi connectivity index (χ4n) is 1.45. The minimum absolute atomic E-state index is 0.224. The predicted molar refractivity (Wildman–Crippen MR) is 61.9 cm³/mol. The summed E-state index contributed by atoms with van der Waals surface area (Å²) in [4.78, 5) is -1.08. The van der Waals surface area contributed by atoms with Crippen molar-refractivity contribution in [2.75, 3.05) is 0 Å². The number of benzene rings is 1. The van der Waals surface area contributed by atoms with E-state index in [0.29, 0.717) is 5.56 Å². The molecular formula is C10H11ClF3NO2S. The van der Waals surface area contributed by atoms with Gasteiger partial charge in [0.1, 0.15) is 4.90 Å². The highest BCUT2D eigenvalue weighted by molar-refractivity contribution is 7.89. The Labute approximate surface area is 108 Å². The van der Waals surface area contributed by atoms with Gasteiger partial charge < -0.3 is 0 Å². The van der Waals surface area contributed by atoms with Gasteiger partial charge in [0.05, 0.1) is 10.6 Å². The van der Waals surface area contributed by atoms with Gasteiger partial charge in [0.25, 0.3) is 0 Å². The summed E-state index contributed by atoms with van der Waals surface area (Å²) in [7, 11) is -4.54. The van der Waals surface area contributed by atoms with Gasteiger partial charge in [0.2, 0.25) is 10.0 Å². The molecule has 0 aliphatic carbocycles. The summed E-state index contributed by atoms with van der Waals surface area (Å²) in [5.41, 5.74) is -1.04. The average Bonchev–Trinajstić information content (AvgIpc) is 2.12. The van der Waals surface area contributed by atoms with E-state index in [1.807, 2.05) is 0 Å². The Morgan fingerprint density at radius 3 is 2.11 bits per heavy atom. The fourth-order valence-corrected chi connectivity index (χ4v) is 2.81. The molecule has 102 valence electrons. The van der Waals surface area contributed by atoms with E-state index in [4.69, 9.17) is 16.7 Å². The third-order valence-corrected chi connectivity index (χ3v) is 3.74. The number of hydrogen-bond acceptors (Lipinski definition) is 2. The Bertz CT molecular complexity index is 567. The van der Waals surface area contributed by atoms with E-state index in [1.165, 1.54) is 6.07 Å². The summed E-state index contributed by atoms with van der Waals surface area (Å²) < 4.78 is 60.9. The van der Waals surface area contributed by atoms with Crippen LogP contribution >= 0.6 is 11.6 Å². The molecule has 0 saturated carbocycles. The molecule has 3 nitrogen and oxygen atoms in total. The summed E-state index contributed by atoms with van der Waals surface area (Å²) >= 11 is 5.61. The van der Waals surface area contributed by atoms with Crippen molar-refractivity contribution < 1.29 is 21.6 Å². The van der Waals surface area contributed by atoms with Gasteiger partial charge >= 0.3 is 6.18 Å². The lowest BCUT2D eigenvalue weighted by Gasteiger charge is -2.16. The Kier molecular flexibility index (Phi) is 4.00. The second kappa shape index (κ2) is 4.71. The first kappa shape index (κ1) is 15.3. The van der Waals surface area contributed by atoms with Crippen LogP contribution in [0.25, 0.3) is 0 Å². The highest BCUT2D eigenvalue weighted by Gasteiger charge is 2.38. The molecule has 0 amide bonds. The fraction of sp³-hybridized carbons (Fsp3) is 0.400. The van der Waals surface area contributed by atoms with Crippen molar-refractivity contribution in [3.8, 4) is 0 Å². The van der Waals surface area contributed by atoms with Gasteiger partial charge in [-0.25, -0.2) is 13.6 Å². The van der Waals surface area contributed by atoms with Crippen LogP contribution in [0.3, 0.4) is 0 Å². The van der Waals surface area contributed by atoms with Crippen LogP contribution in [0.15, 0.2) is 17.0 Å². The van der Waals surface area contributed by atoms with E-state index in [9.17, 15) is 21.6 Å². The molecule has 1 rings (SSSR count). The molecule has 0 bridgehead atoms. The van der Waals surface area contributed by atoms with E-state index in [2.05, 4.69) is 0 Å². The first-order valence-corrected chi connectivity index (χ1v) is 6.80. The van der Waals surface area contributed by atoms with Crippen LogP contribution in [0.2, 0.25) is 5.02 Å². The lowest BCUT2D eigenvalue weighted by Crippen LogP contribution is -2.20. The molecule has 0 fully saturated rings. The lowest BCUT2D eigenvalue weighted by molar-refractivity contribution is -0.139. The second-order valence-corrected chi connectivity index (χ2v) is 5.98. The van der Waals surface area contributed by atoms with Crippen molar-refractivity contribution in [2.45, 2.75) is 30.8 Å². The number of hydrogen-bond donors (Lipinski definition) is 1. The van der Waals surface area contributed by atoms with Crippen molar-refractivity contribution >= 4 is 21.6 Å². The number of primary sulfonamides is 1. The Morgan fingerprint density at radius 2 is 1.78 bits per heavy atom. The van der Waals surface area contributed by atoms with Crippen LogP contribution in [-0.2, 0) is 16.2 Å². The Hall–Kier alpha value is -0.790. The molecule has 1 aromatic carbocycles. The molecule has 0 heterocycles. The zero-order valence-electron chi connectivity index (χ0n) is 9.55. The largest absolute Gasteiger partial charge is 0.417 e. The van der Waals surface area contributed by atoms with Gasteiger partial charge in [-0.2, -0.15) is 13.2 Å². The van der Waals surface area contributed by atoms with Gasteiger partial charge in [-0.3, -0.25) is 0 Å². The number of rotatable bonds is 2. The lowest BCUT2D eigenvalue weighted by atomic mass is 10.0. The van der Waals surface area contributed by atoms with Crippen LogP contribution in [0.4, 0.5) is 13.2 Å². The van der Waals surface area contributed by atoms with Gasteiger partial charge in [-0.15, -0.1) is 0 Å². The molecule has 8 heteroatoms. The number of nitrogens with two attached hydrogens (primary N) is 1. The molecule has 1 aromatic rings. The number of alkyl halides is 3. The Balaban J connectivity index is 3.73. The second-order valence-electron chi connectivity index (χ2n) is 4.08. The minimum atomic E-state index is -4.84. The normalized spacial score (nSPS) is 13.1. The first-order chi connectivity index (χ1) is 7.94. The van der Waals surface area contributed by atoms with Crippen LogP contribution < -0.4 is 5.14 Å². The van der Waals surface area contributed by atoms with Crippen LogP contribution in [0.5, 0.6) is 0 Å². The quantitative estimate of drug-likeness (QED) is 0.912. The van der Waals surface area contributed by atoms with Crippen LogP contribution in [0, 0.1) is 0 Å². The number of halogens is 4. The highest BCUT2D eigenvalue weighted by atomic mass is 35.5. The molecule has 0 aliphatic heterocycles. The van der Waals surface area contributed by atoms with Gasteiger partial charge in [0, 0.05) is 0 Å². The smallest absolute Gasteiger partial charge is 0.225 e. The molecule has 2 N–H and O–H groups in total. The van der Waals surface area contributed by atoms with E-state index in [1.54, 1.807) is 13.8 Å². The van der Waals surface area contributed by atoms with E-state index in [-0.39, 0.29) is 5.92 Å². The third kappa shape index (κ3) is 3.15. The van der Waals surface area contributed by atoms with Gasteiger partial charge in [0.15, 0.2) is 0 Å². The first-order valence-electron chi connectivity index (χ1n) is 4.88. The molecule has 0 spiro atoms. The molecule has 18 heavy (non-hydrogen) atoms. The summed E-state index contributed by atoms with van der Waals surface area (Å²) in [6.45, 7) is 3.34. The summed E-state index contributed by atoms with van der Waals surface area (Å²) in [5, 5.41) is 4.25. The maximum Gasteiger partial charge on any atom is 0.417 e. The van der Waals surface area contributed by atoms with E-state index < -0.39 is 31.7 Å². The zero-order valence-corrected chi connectivity index (χ0v) is 11.1. The minimum Gasteiger partial charge on any atom is -0.225 e. The van der Waals surface area contributed by atoms with Crippen molar-refractivity contribution in [3.05, 3.63) is 28.3 Å². The molecule has 0 unspecified atom stereocenters. The van der Waals surface area contributed by atoms with E-state index in [0.717, 1.165) is 6.07 Å². The van der Waals surface area contributed by atoms with Crippen LogP contribution in [-0.4, -0.2) is 8.42 Å². The summed E-state index contributed by atoms with van der Waals surface area (Å²) in [6.07, 6.45) is -4.84. The maximum absolute atomic E-state index is 12.8. The maximum atomic E-state index is 12.8. The molecule has 0 saturated heterocycles. The molecule has 0 aliphatic rings. The monoisotopic (exact) mass is 301 g/mol. The average molecular weight is 302 g/mol. The zero-order chi connectivity index (χ0) is 14.3. The third-order valence-electron chi connectivity index (χ3n) is 2.32.